The summed E-state index contributed by atoms with van der Waals surface area (Å²) in [4.78, 5) is 16.0. The van der Waals surface area contributed by atoms with Gasteiger partial charge in [-0.1, -0.05) is 23.4 Å². The van der Waals surface area contributed by atoms with Crippen molar-refractivity contribution in [3.8, 4) is 0 Å². The minimum absolute atomic E-state index is 0.0965. The maximum atomic E-state index is 12.2. The van der Waals surface area contributed by atoms with E-state index >= 15 is 0 Å². The highest BCUT2D eigenvalue weighted by Crippen LogP contribution is 2.27. The molecular weight excluding hydrogens is 254 g/mol. The molecule has 1 aromatic rings. The van der Waals surface area contributed by atoms with Crippen LogP contribution in [0.4, 0.5) is 5.69 Å². The Morgan fingerprint density at radius 3 is 2.80 bits per heavy atom. The highest BCUT2D eigenvalue weighted by atomic mass is 16.4. The van der Waals surface area contributed by atoms with E-state index in [1.165, 1.54) is 0 Å². The van der Waals surface area contributed by atoms with Gasteiger partial charge in [0.2, 0.25) is 5.91 Å². The van der Waals surface area contributed by atoms with Gasteiger partial charge in [-0.05, 0) is 19.9 Å². The minimum Gasteiger partial charge on any atom is -0.411 e. The van der Waals surface area contributed by atoms with Crippen LogP contribution in [0.15, 0.2) is 29.4 Å². The summed E-state index contributed by atoms with van der Waals surface area (Å²) in [5.41, 5.74) is 2.54. The first kappa shape index (κ1) is 14.4. The summed E-state index contributed by atoms with van der Waals surface area (Å²) in [5, 5.41) is 12.4. The zero-order valence-electron chi connectivity index (χ0n) is 12.2. The van der Waals surface area contributed by atoms with Crippen molar-refractivity contribution in [3.05, 3.63) is 29.8 Å². The number of rotatable bonds is 3. The Hall–Kier alpha value is -2.04. The van der Waals surface area contributed by atoms with Crippen molar-refractivity contribution in [2.24, 2.45) is 5.16 Å². The number of para-hydroxylation sites is 1. The number of hydrogen-bond donors (Lipinski definition) is 1. The Bertz CT molecular complexity index is 526. The van der Waals surface area contributed by atoms with Gasteiger partial charge in [-0.25, -0.2) is 0 Å². The molecule has 108 valence electrons. The van der Waals surface area contributed by atoms with E-state index in [1.54, 1.807) is 4.90 Å². The molecule has 1 heterocycles. The first-order valence-corrected chi connectivity index (χ1v) is 6.85. The normalized spacial score (nSPS) is 16.4. The van der Waals surface area contributed by atoms with Crippen molar-refractivity contribution in [2.45, 2.75) is 26.3 Å². The molecule has 0 bridgehead atoms. The monoisotopic (exact) mass is 275 g/mol. The van der Waals surface area contributed by atoms with Gasteiger partial charge in [0.05, 0.1) is 12.3 Å². The van der Waals surface area contributed by atoms with Gasteiger partial charge in [0, 0.05) is 37.3 Å². The summed E-state index contributed by atoms with van der Waals surface area (Å²) in [5.74, 6) is 0.0965. The van der Waals surface area contributed by atoms with Crippen molar-refractivity contribution in [3.63, 3.8) is 0 Å². The van der Waals surface area contributed by atoms with Crippen molar-refractivity contribution >= 4 is 17.3 Å². The lowest BCUT2D eigenvalue weighted by molar-refractivity contribution is -0.129. The fourth-order valence-corrected chi connectivity index (χ4v) is 2.32. The minimum atomic E-state index is 0.0965. The van der Waals surface area contributed by atoms with E-state index in [0.29, 0.717) is 25.2 Å². The first-order chi connectivity index (χ1) is 9.54. The molecule has 5 nitrogen and oxygen atoms in total. The van der Waals surface area contributed by atoms with Crippen LogP contribution in [0.2, 0.25) is 0 Å². The molecule has 0 radical (unpaired) electrons. The van der Waals surface area contributed by atoms with E-state index in [9.17, 15) is 4.79 Å². The molecule has 0 atom stereocenters. The van der Waals surface area contributed by atoms with Gasteiger partial charge in [0.15, 0.2) is 0 Å². The highest BCUT2D eigenvalue weighted by molar-refractivity contribution is 6.07. The predicted octanol–water partition coefficient (Wildman–Crippen LogP) is 1.94. The smallest absolute Gasteiger partial charge is 0.242 e. The topological polar surface area (TPSA) is 56.1 Å². The molecule has 0 aromatic heterocycles. The molecule has 1 aromatic carbocycles. The molecule has 0 aliphatic carbocycles. The molecule has 1 aliphatic heterocycles. The third-order valence-electron chi connectivity index (χ3n) is 3.79. The predicted molar refractivity (Wildman–Crippen MR) is 79.5 cm³/mol. The third-order valence-corrected chi connectivity index (χ3v) is 3.79. The van der Waals surface area contributed by atoms with E-state index < -0.39 is 0 Å². The average Bonchev–Trinajstić information content (AvgIpc) is 2.46. The number of oxime groups is 1. The van der Waals surface area contributed by atoms with Gasteiger partial charge in [-0.2, -0.15) is 0 Å². The Morgan fingerprint density at radius 2 is 2.15 bits per heavy atom. The zero-order chi connectivity index (χ0) is 14.7. The van der Waals surface area contributed by atoms with Crippen molar-refractivity contribution < 1.29 is 10.0 Å². The Morgan fingerprint density at radius 1 is 1.45 bits per heavy atom. The zero-order valence-corrected chi connectivity index (χ0v) is 12.2. The summed E-state index contributed by atoms with van der Waals surface area (Å²) in [7, 11) is 1.82. The number of fused-ring (bicyclic) bond motifs is 1. The Labute approximate surface area is 119 Å². The quantitative estimate of drug-likeness (QED) is 0.677. The summed E-state index contributed by atoms with van der Waals surface area (Å²) in [6.07, 6.45) is 0.645. The molecule has 1 amide bonds. The third kappa shape index (κ3) is 2.76. The van der Waals surface area contributed by atoms with Crippen LogP contribution >= 0.6 is 0 Å². The number of benzene rings is 1. The molecule has 0 spiro atoms. The molecule has 0 fully saturated rings. The molecule has 5 heteroatoms. The second kappa shape index (κ2) is 5.94. The van der Waals surface area contributed by atoms with E-state index in [4.69, 9.17) is 5.21 Å². The van der Waals surface area contributed by atoms with Crippen molar-refractivity contribution in [1.29, 1.82) is 0 Å². The number of nitrogens with zero attached hydrogens (tertiary/aromatic N) is 3. The van der Waals surface area contributed by atoms with Crippen LogP contribution in [0.25, 0.3) is 0 Å². The number of anilines is 1. The lowest BCUT2D eigenvalue weighted by Gasteiger charge is -2.33. The fourth-order valence-electron chi connectivity index (χ4n) is 2.32. The number of carbonyl (C=O) groups excluding carboxylic acids is 1. The van der Waals surface area contributed by atoms with Crippen LogP contribution in [-0.2, 0) is 4.79 Å². The number of carbonyl (C=O) groups is 1. The van der Waals surface area contributed by atoms with Crippen LogP contribution in [0.1, 0.15) is 25.8 Å². The Balaban J connectivity index is 2.21. The summed E-state index contributed by atoms with van der Waals surface area (Å²) in [6, 6.07) is 7.92. The highest BCUT2D eigenvalue weighted by Gasteiger charge is 2.24. The molecule has 1 N–H and O–H groups in total. The standard InChI is InChI=1S/C15H21N3O2/c1-11(2)17(3)15(19)10-18-9-8-13(16-20)12-6-4-5-7-14(12)18/h4-7,11,20H,8-10H2,1-3H3. The van der Waals surface area contributed by atoms with Crippen LogP contribution in [0.5, 0.6) is 0 Å². The molecule has 1 aliphatic rings. The average molecular weight is 275 g/mol. The summed E-state index contributed by atoms with van der Waals surface area (Å²) in [6.45, 7) is 5.04. The van der Waals surface area contributed by atoms with Gasteiger partial charge < -0.3 is 15.0 Å². The van der Waals surface area contributed by atoms with Crippen molar-refractivity contribution in [2.75, 3.05) is 25.0 Å². The summed E-state index contributed by atoms with van der Waals surface area (Å²) >= 11 is 0. The maximum absolute atomic E-state index is 12.2. The van der Waals surface area contributed by atoms with Gasteiger partial charge in [-0.15, -0.1) is 0 Å². The second-order valence-corrected chi connectivity index (χ2v) is 5.33. The van der Waals surface area contributed by atoms with E-state index in [1.807, 2.05) is 50.1 Å². The number of likely N-dealkylation sites (N-methyl/N-ethyl adjacent to an activating group) is 1. The molecule has 0 saturated heterocycles. The van der Waals surface area contributed by atoms with Crippen LogP contribution in [0.3, 0.4) is 0 Å². The lowest BCUT2D eigenvalue weighted by Crippen LogP contribution is -2.43. The molecule has 0 saturated carbocycles. The lowest BCUT2D eigenvalue weighted by atomic mass is 9.99. The number of amides is 1. The van der Waals surface area contributed by atoms with Crippen LogP contribution in [-0.4, -0.2) is 47.9 Å². The SMILES string of the molecule is CC(C)N(C)C(=O)CN1CCC(=NO)c2ccccc21. The first-order valence-electron chi connectivity index (χ1n) is 6.85. The molecule has 0 unspecified atom stereocenters. The van der Waals surface area contributed by atoms with Crippen molar-refractivity contribution in [1.82, 2.24) is 4.90 Å². The van der Waals surface area contributed by atoms with E-state index in [-0.39, 0.29) is 11.9 Å². The molecule has 20 heavy (non-hydrogen) atoms. The second-order valence-electron chi connectivity index (χ2n) is 5.33. The van der Waals surface area contributed by atoms with Gasteiger partial charge in [-0.3, -0.25) is 4.79 Å². The van der Waals surface area contributed by atoms with E-state index in [2.05, 4.69) is 5.16 Å². The fraction of sp³-hybridized carbons (Fsp3) is 0.467. The van der Waals surface area contributed by atoms with Crippen LogP contribution in [0, 0.1) is 0 Å². The van der Waals surface area contributed by atoms with Gasteiger partial charge in [0.1, 0.15) is 0 Å². The van der Waals surface area contributed by atoms with Gasteiger partial charge in [0.25, 0.3) is 0 Å². The van der Waals surface area contributed by atoms with Gasteiger partial charge >= 0.3 is 0 Å². The maximum Gasteiger partial charge on any atom is 0.242 e. The van der Waals surface area contributed by atoms with Crippen LogP contribution < -0.4 is 4.90 Å². The number of hydrogen-bond acceptors (Lipinski definition) is 4. The molecular formula is C15H21N3O2. The molecule has 2 rings (SSSR count). The van der Waals surface area contributed by atoms with E-state index in [0.717, 1.165) is 11.3 Å². The summed E-state index contributed by atoms with van der Waals surface area (Å²) < 4.78 is 0. The Kier molecular flexibility index (Phi) is 4.27. The largest absolute Gasteiger partial charge is 0.411 e.